The third kappa shape index (κ3) is 4.74. The van der Waals surface area contributed by atoms with Crippen LogP contribution in [-0.2, 0) is 0 Å². The predicted molar refractivity (Wildman–Crippen MR) is 96.2 cm³/mol. The fourth-order valence-corrected chi connectivity index (χ4v) is 2.14. The van der Waals surface area contributed by atoms with E-state index in [1.54, 1.807) is 30.3 Å². The van der Waals surface area contributed by atoms with Crippen molar-refractivity contribution >= 4 is 23.1 Å². The molecule has 116 valence electrons. The lowest BCUT2D eigenvalue weighted by molar-refractivity contribution is 0.104. The van der Waals surface area contributed by atoms with E-state index in [2.05, 4.69) is 11.2 Å². The zero-order valence-electron chi connectivity index (χ0n) is 13.1. The van der Waals surface area contributed by atoms with Gasteiger partial charge < -0.3 is 5.32 Å². The van der Waals surface area contributed by atoms with Gasteiger partial charge in [-0.2, -0.15) is 0 Å². The number of hydrogen-bond acceptors (Lipinski definition) is 2. The highest BCUT2D eigenvalue weighted by Gasteiger charge is 2.17. The number of allylic oxidation sites excluding steroid dienone is 1. The van der Waals surface area contributed by atoms with Crippen molar-refractivity contribution in [3.8, 4) is 12.3 Å². The summed E-state index contributed by atoms with van der Waals surface area (Å²) in [6.07, 6.45) is 7.12. The van der Waals surface area contributed by atoms with Crippen LogP contribution in [0.25, 0.3) is 5.70 Å². The van der Waals surface area contributed by atoms with E-state index in [0.29, 0.717) is 16.3 Å². The molecule has 0 bridgehead atoms. The molecule has 0 aliphatic heterocycles. The van der Waals surface area contributed by atoms with Gasteiger partial charge in [0.25, 0.3) is 0 Å². The van der Waals surface area contributed by atoms with Crippen LogP contribution in [0.2, 0.25) is 5.02 Å². The van der Waals surface area contributed by atoms with Crippen molar-refractivity contribution in [1.82, 2.24) is 5.32 Å². The molecule has 2 aromatic rings. The molecule has 2 aromatic carbocycles. The van der Waals surface area contributed by atoms with Gasteiger partial charge in [-0.3, -0.25) is 4.79 Å². The molecule has 23 heavy (non-hydrogen) atoms. The quantitative estimate of drug-likeness (QED) is 0.496. The van der Waals surface area contributed by atoms with E-state index >= 15 is 0 Å². The lowest BCUT2D eigenvalue weighted by atomic mass is 10.0. The summed E-state index contributed by atoms with van der Waals surface area (Å²) in [7, 11) is 0. The summed E-state index contributed by atoms with van der Waals surface area (Å²) in [5.41, 5.74) is 1.59. The second-order valence-corrected chi connectivity index (χ2v) is 6.13. The average Bonchev–Trinajstić information content (AvgIpc) is 2.55. The molecule has 0 aliphatic carbocycles. The highest BCUT2D eigenvalue weighted by molar-refractivity contribution is 6.30. The Balaban J connectivity index is 2.38. The Hall–Kier alpha value is -2.50. The number of ketones is 1. The topological polar surface area (TPSA) is 29.1 Å². The van der Waals surface area contributed by atoms with Crippen molar-refractivity contribution in [1.29, 1.82) is 0 Å². The van der Waals surface area contributed by atoms with Gasteiger partial charge in [-0.1, -0.05) is 47.9 Å². The van der Waals surface area contributed by atoms with Gasteiger partial charge in [0.2, 0.25) is 0 Å². The van der Waals surface area contributed by atoms with E-state index < -0.39 is 5.54 Å². The third-order valence-corrected chi connectivity index (χ3v) is 3.55. The first-order valence-electron chi connectivity index (χ1n) is 7.24. The van der Waals surface area contributed by atoms with Gasteiger partial charge in [-0.05, 0) is 43.7 Å². The van der Waals surface area contributed by atoms with E-state index in [-0.39, 0.29) is 5.78 Å². The number of halogens is 1. The standard InChI is InChI=1S/C20H18ClNO/c1-4-20(2,3)22-18(15-8-6-5-7-9-15)14-19(23)16-10-12-17(21)13-11-16/h1,5-14,22H,2-3H3/b18-14-. The summed E-state index contributed by atoms with van der Waals surface area (Å²) in [6.45, 7) is 3.77. The van der Waals surface area contributed by atoms with Crippen molar-refractivity contribution in [3.05, 3.63) is 76.8 Å². The van der Waals surface area contributed by atoms with Gasteiger partial charge in [0.1, 0.15) is 0 Å². The lowest BCUT2D eigenvalue weighted by Gasteiger charge is -2.23. The maximum atomic E-state index is 12.5. The molecule has 0 saturated heterocycles. The Morgan fingerprint density at radius 3 is 2.26 bits per heavy atom. The molecule has 2 rings (SSSR count). The largest absolute Gasteiger partial charge is 0.369 e. The fourth-order valence-electron chi connectivity index (χ4n) is 2.01. The first-order valence-corrected chi connectivity index (χ1v) is 7.62. The molecule has 0 aromatic heterocycles. The summed E-state index contributed by atoms with van der Waals surface area (Å²) in [5, 5.41) is 3.85. The van der Waals surface area contributed by atoms with E-state index in [0.717, 1.165) is 5.56 Å². The first kappa shape index (κ1) is 16.9. The summed E-state index contributed by atoms with van der Waals surface area (Å²) in [6, 6.07) is 16.4. The molecule has 2 nitrogen and oxygen atoms in total. The van der Waals surface area contributed by atoms with Gasteiger partial charge in [0.15, 0.2) is 5.78 Å². The van der Waals surface area contributed by atoms with Crippen LogP contribution in [0.1, 0.15) is 29.8 Å². The van der Waals surface area contributed by atoms with E-state index in [1.165, 1.54) is 0 Å². The van der Waals surface area contributed by atoms with Gasteiger partial charge in [-0.15, -0.1) is 6.42 Å². The molecular formula is C20H18ClNO. The first-order chi connectivity index (χ1) is 10.9. The second-order valence-electron chi connectivity index (χ2n) is 5.69. The molecule has 0 heterocycles. The van der Waals surface area contributed by atoms with Crippen LogP contribution >= 0.6 is 11.6 Å². The summed E-state index contributed by atoms with van der Waals surface area (Å²) in [5.74, 6) is 2.57. The lowest BCUT2D eigenvalue weighted by Crippen LogP contribution is -2.36. The SMILES string of the molecule is C#CC(C)(C)N/C(=C\C(=O)c1ccc(Cl)cc1)c1ccccc1. The minimum absolute atomic E-state index is 0.110. The predicted octanol–water partition coefficient (Wildman–Crippen LogP) is 4.57. The molecule has 0 aliphatic rings. The molecule has 0 amide bonds. The van der Waals surface area contributed by atoms with Crippen LogP contribution in [0.3, 0.4) is 0 Å². The number of nitrogens with one attached hydrogen (secondary N) is 1. The summed E-state index contributed by atoms with van der Waals surface area (Å²) in [4.78, 5) is 12.5. The molecule has 0 spiro atoms. The Morgan fingerprint density at radius 1 is 1.09 bits per heavy atom. The highest BCUT2D eigenvalue weighted by Crippen LogP contribution is 2.17. The number of hydrogen-bond donors (Lipinski definition) is 1. The van der Waals surface area contributed by atoms with Crippen LogP contribution in [-0.4, -0.2) is 11.3 Å². The minimum Gasteiger partial charge on any atom is -0.369 e. The molecule has 0 unspecified atom stereocenters. The zero-order chi connectivity index (χ0) is 16.9. The van der Waals surface area contributed by atoms with Gasteiger partial charge in [0, 0.05) is 22.4 Å². The van der Waals surface area contributed by atoms with Crippen LogP contribution in [0, 0.1) is 12.3 Å². The molecule has 0 fully saturated rings. The van der Waals surface area contributed by atoms with E-state index in [4.69, 9.17) is 18.0 Å². The van der Waals surface area contributed by atoms with Crippen molar-refractivity contribution in [2.75, 3.05) is 0 Å². The van der Waals surface area contributed by atoms with Crippen LogP contribution < -0.4 is 5.32 Å². The van der Waals surface area contributed by atoms with Crippen LogP contribution in [0.4, 0.5) is 0 Å². The van der Waals surface area contributed by atoms with E-state index in [1.807, 2.05) is 44.2 Å². The molecule has 1 N–H and O–H groups in total. The average molecular weight is 324 g/mol. The van der Waals surface area contributed by atoms with Gasteiger partial charge in [0.05, 0.1) is 5.54 Å². The molecular weight excluding hydrogens is 306 g/mol. The number of benzene rings is 2. The number of rotatable bonds is 5. The minimum atomic E-state index is -0.568. The summed E-state index contributed by atoms with van der Waals surface area (Å²) < 4.78 is 0. The molecule has 0 saturated carbocycles. The Kier molecular flexibility index (Phi) is 5.26. The van der Waals surface area contributed by atoms with Gasteiger partial charge >= 0.3 is 0 Å². The maximum Gasteiger partial charge on any atom is 0.187 e. The smallest absolute Gasteiger partial charge is 0.187 e. The van der Waals surface area contributed by atoms with Crippen LogP contribution in [0.15, 0.2) is 60.7 Å². The molecule has 0 atom stereocenters. The summed E-state index contributed by atoms with van der Waals surface area (Å²) >= 11 is 5.86. The Bertz CT molecular complexity index is 752. The monoisotopic (exact) mass is 323 g/mol. The normalized spacial score (nSPS) is 11.7. The van der Waals surface area contributed by atoms with Crippen molar-refractivity contribution in [2.24, 2.45) is 0 Å². The maximum absolute atomic E-state index is 12.5. The van der Waals surface area contributed by atoms with Gasteiger partial charge in [-0.25, -0.2) is 0 Å². The molecule has 0 radical (unpaired) electrons. The number of carbonyl (C=O) groups excluding carboxylic acids is 1. The van der Waals surface area contributed by atoms with Crippen molar-refractivity contribution in [2.45, 2.75) is 19.4 Å². The number of terminal acetylenes is 1. The Morgan fingerprint density at radius 2 is 1.70 bits per heavy atom. The number of carbonyl (C=O) groups is 1. The zero-order valence-corrected chi connectivity index (χ0v) is 13.9. The van der Waals surface area contributed by atoms with E-state index in [9.17, 15) is 4.79 Å². The highest BCUT2D eigenvalue weighted by atomic mass is 35.5. The third-order valence-electron chi connectivity index (χ3n) is 3.30. The van der Waals surface area contributed by atoms with Crippen molar-refractivity contribution in [3.63, 3.8) is 0 Å². The van der Waals surface area contributed by atoms with Crippen LogP contribution in [0.5, 0.6) is 0 Å². The second kappa shape index (κ2) is 7.17. The fraction of sp³-hybridized carbons (Fsp3) is 0.150. The van der Waals surface area contributed by atoms with Crippen molar-refractivity contribution < 1.29 is 4.79 Å². The molecule has 3 heteroatoms. The Labute approximate surface area is 142 Å².